The van der Waals surface area contributed by atoms with Gasteiger partial charge in [-0.2, -0.15) is 4.31 Å². The van der Waals surface area contributed by atoms with Gasteiger partial charge in [0.25, 0.3) is 5.91 Å². The van der Waals surface area contributed by atoms with Crippen LogP contribution in [0.25, 0.3) is 22.4 Å². The van der Waals surface area contributed by atoms with Gasteiger partial charge in [0, 0.05) is 19.2 Å². The first-order valence-corrected chi connectivity index (χ1v) is 14.8. The standard InChI is InChI=1S/C29H36N4O6S/c1-18-4-6-20(7-5-18)25-24(26(34)30-2)22-16-21(19-8-9-19)23(32-27(22)39-25)17-33(40(37)38)15-3-10-29(28(35)36)11-13-31-14-12-29/h4-7,16,19,31H,3,8-15,17H2,1-2H3,(H,30,34)(H,35,36)(H,37,38). The molecule has 2 fully saturated rings. The fourth-order valence-electron chi connectivity index (χ4n) is 5.66. The molecule has 3 aromatic rings. The molecule has 1 amide bonds. The highest BCUT2D eigenvalue weighted by Gasteiger charge is 2.39. The maximum Gasteiger partial charge on any atom is 0.309 e. The highest BCUT2D eigenvalue weighted by molar-refractivity contribution is 7.76. The van der Waals surface area contributed by atoms with Gasteiger partial charge in [0.2, 0.25) is 17.0 Å². The summed E-state index contributed by atoms with van der Waals surface area (Å²) < 4.78 is 30.1. The second kappa shape index (κ2) is 11.8. The van der Waals surface area contributed by atoms with Gasteiger partial charge in [0.05, 0.1) is 28.6 Å². The third kappa shape index (κ3) is 5.83. The number of rotatable bonds is 11. The zero-order chi connectivity index (χ0) is 28.4. The van der Waals surface area contributed by atoms with Gasteiger partial charge < -0.3 is 20.2 Å². The zero-order valence-corrected chi connectivity index (χ0v) is 23.7. The maximum atomic E-state index is 13.0. The number of fused-ring (bicyclic) bond motifs is 1. The lowest BCUT2D eigenvalue weighted by molar-refractivity contribution is -0.151. The van der Waals surface area contributed by atoms with E-state index in [9.17, 15) is 23.5 Å². The number of carbonyl (C=O) groups excluding carboxylic acids is 1. The number of hydrogen-bond donors (Lipinski definition) is 4. The second-order valence-corrected chi connectivity index (χ2v) is 11.9. The van der Waals surface area contributed by atoms with Crippen LogP contribution in [0.1, 0.15) is 71.6 Å². The number of hydrogen-bond acceptors (Lipinski definition) is 6. The van der Waals surface area contributed by atoms with Crippen molar-refractivity contribution in [3.05, 3.63) is 52.7 Å². The number of pyridine rings is 1. The maximum absolute atomic E-state index is 13.0. The number of aliphatic carboxylic acids is 1. The Balaban J connectivity index is 1.45. The smallest absolute Gasteiger partial charge is 0.309 e. The Bertz CT molecular complexity index is 1430. The van der Waals surface area contributed by atoms with Gasteiger partial charge in [0.15, 0.2) is 0 Å². The molecule has 1 aromatic carbocycles. The first-order chi connectivity index (χ1) is 19.2. The highest BCUT2D eigenvalue weighted by atomic mass is 32.2. The summed E-state index contributed by atoms with van der Waals surface area (Å²) in [5.74, 6) is -0.373. The lowest BCUT2D eigenvalue weighted by Crippen LogP contribution is -2.42. The van der Waals surface area contributed by atoms with Gasteiger partial charge in [-0.3, -0.25) is 14.1 Å². The zero-order valence-electron chi connectivity index (χ0n) is 22.9. The predicted molar refractivity (Wildman–Crippen MR) is 152 cm³/mol. The molecule has 0 spiro atoms. The van der Waals surface area contributed by atoms with E-state index in [-0.39, 0.29) is 24.9 Å². The van der Waals surface area contributed by atoms with Crippen LogP contribution in [-0.2, 0) is 22.6 Å². The fourth-order valence-corrected chi connectivity index (χ4v) is 6.18. The van der Waals surface area contributed by atoms with Crippen molar-refractivity contribution < 1.29 is 27.9 Å². The average molecular weight is 569 g/mol. The number of carbonyl (C=O) groups is 2. The summed E-state index contributed by atoms with van der Waals surface area (Å²) in [7, 11) is 1.58. The summed E-state index contributed by atoms with van der Waals surface area (Å²) in [6.45, 7) is 3.67. The number of nitrogens with one attached hydrogen (secondary N) is 2. The van der Waals surface area contributed by atoms with Crippen LogP contribution in [0.5, 0.6) is 0 Å². The highest BCUT2D eigenvalue weighted by Crippen LogP contribution is 2.44. The van der Waals surface area contributed by atoms with Gasteiger partial charge in [-0.15, -0.1) is 0 Å². The van der Waals surface area contributed by atoms with E-state index in [4.69, 9.17) is 9.40 Å². The number of aromatic nitrogens is 1. The normalized spacial score (nSPS) is 17.7. The molecule has 0 radical (unpaired) electrons. The van der Waals surface area contributed by atoms with Crippen LogP contribution in [0.15, 0.2) is 34.7 Å². The van der Waals surface area contributed by atoms with E-state index in [0.29, 0.717) is 66.9 Å². The number of nitrogens with zero attached hydrogens (tertiary/aromatic N) is 2. The van der Waals surface area contributed by atoms with Crippen LogP contribution in [0.3, 0.4) is 0 Å². The minimum absolute atomic E-state index is 0.113. The summed E-state index contributed by atoms with van der Waals surface area (Å²) in [5, 5.41) is 16.4. The fraction of sp³-hybridized carbons (Fsp3) is 0.483. The number of aryl methyl sites for hydroxylation is 1. The first kappa shape index (κ1) is 28.4. The predicted octanol–water partition coefficient (Wildman–Crippen LogP) is 4.21. The Morgan fingerprint density at radius 1 is 1.23 bits per heavy atom. The Hall–Kier alpha value is -3.12. The topological polar surface area (TPSA) is 145 Å². The Morgan fingerprint density at radius 3 is 2.52 bits per heavy atom. The third-order valence-corrected chi connectivity index (χ3v) is 8.96. The van der Waals surface area contributed by atoms with Crippen LogP contribution >= 0.6 is 0 Å². The van der Waals surface area contributed by atoms with E-state index in [1.807, 2.05) is 37.3 Å². The number of piperidine rings is 1. The van der Waals surface area contributed by atoms with Crippen molar-refractivity contribution in [2.75, 3.05) is 26.7 Å². The number of carboxylic acids is 1. The van der Waals surface area contributed by atoms with Crippen molar-refractivity contribution >= 4 is 34.2 Å². The Kier molecular flexibility index (Phi) is 8.37. The van der Waals surface area contributed by atoms with E-state index < -0.39 is 22.7 Å². The number of furan rings is 1. The van der Waals surface area contributed by atoms with Crippen LogP contribution in [0, 0.1) is 12.3 Å². The van der Waals surface area contributed by atoms with E-state index in [2.05, 4.69) is 10.6 Å². The molecule has 1 unspecified atom stereocenters. The Morgan fingerprint density at radius 2 is 1.93 bits per heavy atom. The minimum Gasteiger partial charge on any atom is -0.481 e. The van der Waals surface area contributed by atoms with E-state index in [1.165, 1.54) is 4.31 Å². The molecule has 1 atom stereocenters. The molecule has 10 nitrogen and oxygen atoms in total. The molecule has 214 valence electrons. The third-order valence-electron chi connectivity index (χ3n) is 8.20. The molecular formula is C29H36N4O6S. The quantitative estimate of drug-likeness (QED) is 0.252. The molecule has 2 aromatic heterocycles. The molecule has 4 N–H and O–H groups in total. The molecular weight excluding hydrogens is 532 g/mol. The lowest BCUT2D eigenvalue weighted by Gasteiger charge is -2.34. The SMILES string of the molecule is CNC(=O)c1c(-c2ccc(C)cc2)oc2nc(CN(CCCC3(C(=O)O)CCNCC3)S(=O)O)c(C3CC3)cc12. The van der Waals surface area contributed by atoms with E-state index in [1.54, 1.807) is 7.05 Å². The summed E-state index contributed by atoms with van der Waals surface area (Å²) in [6, 6.07) is 9.68. The summed E-state index contributed by atoms with van der Waals surface area (Å²) in [5.41, 5.74) is 3.36. The number of benzene rings is 1. The molecule has 11 heteroatoms. The molecule has 0 bridgehead atoms. The van der Waals surface area contributed by atoms with Gasteiger partial charge in [-0.05, 0) is 76.1 Å². The Labute approximate surface area is 236 Å². The number of carboxylic acid groups (broad SMARTS) is 1. The summed E-state index contributed by atoms with van der Waals surface area (Å²) in [6.07, 6.45) is 3.96. The lowest BCUT2D eigenvalue weighted by atomic mass is 9.75. The van der Waals surface area contributed by atoms with Gasteiger partial charge in [-0.1, -0.05) is 29.8 Å². The van der Waals surface area contributed by atoms with Crippen LogP contribution in [0.2, 0.25) is 0 Å². The second-order valence-electron chi connectivity index (χ2n) is 10.9. The molecule has 1 aliphatic heterocycles. The van der Waals surface area contributed by atoms with Crippen LogP contribution < -0.4 is 10.6 Å². The molecule has 2 aliphatic rings. The molecule has 5 rings (SSSR count). The van der Waals surface area contributed by atoms with Crippen LogP contribution in [-0.4, -0.2) is 61.7 Å². The van der Waals surface area contributed by atoms with Gasteiger partial charge in [-0.25, -0.2) is 9.19 Å². The minimum atomic E-state index is -2.27. The monoisotopic (exact) mass is 568 g/mol. The number of amides is 1. The molecule has 1 aliphatic carbocycles. The van der Waals surface area contributed by atoms with Crippen molar-refractivity contribution in [2.24, 2.45) is 5.41 Å². The van der Waals surface area contributed by atoms with Crippen molar-refractivity contribution in [3.8, 4) is 11.3 Å². The average Bonchev–Trinajstić information content (AvgIpc) is 3.72. The van der Waals surface area contributed by atoms with Crippen molar-refractivity contribution in [2.45, 2.75) is 57.9 Å². The van der Waals surface area contributed by atoms with Crippen LogP contribution in [0.4, 0.5) is 0 Å². The van der Waals surface area contributed by atoms with E-state index in [0.717, 1.165) is 29.5 Å². The summed E-state index contributed by atoms with van der Waals surface area (Å²) >= 11 is -2.27. The summed E-state index contributed by atoms with van der Waals surface area (Å²) in [4.78, 5) is 29.8. The molecule has 40 heavy (non-hydrogen) atoms. The van der Waals surface area contributed by atoms with Crippen molar-refractivity contribution in [1.82, 2.24) is 19.9 Å². The van der Waals surface area contributed by atoms with E-state index >= 15 is 0 Å². The first-order valence-electron chi connectivity index (χ1n) is 13.8. The van der Waals surface area contributed by atoms with Gasteiger partial charge in [0.1, 0.15) is 5.76 Å². The van der Waals surface area contributed by atoms with Crippen molar-refractivity contribution in [3.63, 3.8) is 0 Å². The van der Waals surface area contributed by atoms with Crippen molar-refractivity contribution in [1.29, 1.82) is 0 Å². The largest absolute Gasteiger partial charge is 0.481 e. The molecule has 1 saturated carbocycles. The molecule has 1 saturated heterocycles. The molecule has 3 heterocycles. The van der Waals surface area contributed by atoms with Gasteiger partial charge >= 0.3 is 5.97 Å².